The van der Waals surface area contributed by atoms with Crippen molar-refractivity contribution in [2.75, 3.05) is 18.5 Å². The van der Waals surface area contributed by atoms with Gasteiger partial charge in [0, 0.05) is 12.2 Å². The summed E-state index contributed by atoms with van der Waals surface area (Å²) in [6.07, 6.45) is 1.82. The molecule has 0 bridgehead atoms. The smallest absolute Gasteiger partial charge is 0.208 e. The molecule has 1 aromatic carbocycles. The molecule has 78 valence electrons. The molecule has 3 N–H and O–H groups in total. The van der Waals surface area contributed by atoms with Gasteiger partial charge < -0.3 is 5.73 Å². The molecule has 0 saturated carbocycles. The maximum absolute atomic E-state index is 10.7. The van der Waals surface area contributed by atoms with Crippen LogP contribution in [0, 0.1) is 0 Å². The van der Waals surface area contributed by atoms with Gasteiger partial charge in [0.15, 0.2) is 0 Å². The topological polar surface area (TPSA) is 72.2 Å². The first-order valence-electron chi connectivity index (χ1n) is 4.26. The van der Waals surface area contributed by atoms with Crippen LogP contribution in [0.3, 0.4) is 0 Å². The third-order valence-electron chi connectivity index (χ3n) is 1.76. The summed E-state index contributed by atoms with van der Waals surface area (Å²) < 4.78 is 23.9. The summed E-state index contributed by atoms with van der Waals surface area (Å²) in [4.78, 5) is 0. The molecule has 1 aromatic rings. The number of nitrogens with one attached hydrogen (secondary N) is 1. The van der Waals surface area contributed by atoms with Crippen molar-refractivity contribution in [3.63, 3.8) is 0 Å². The summed E-state index contributed by atoms with van der Waals surface area (Å²) in [5.41, 5.74) is 7.29. The van der Waals surface area contributed by atoms with Gasteiger partial charge in [0.25, 0.3) is 0 Å². The highest BCUT2D eigenvalue weighted by molar-refractivity contribution is 7.88. The van der Waals surface area contributed by atoms with Gasteiger partial charge >= 0.3 is 0 Å². The van der Waals surface area contributed by atoms with Crippen molar-refractivity contribution in [2.45, 2.75) is 6.42 Å². The molecule has 0 saturated heterocycles. The fraction of sp³-hybridized carbons (Fsp3) is 0.333. The Morgan fingerprint density at radius 1 is 1.29 bits per heavy atom. The molecule has 0 atom stereocenters. The monoisotopic (exact) mass is 214 g/mol. The Hall–Kier alpha value is -1.07. The van der Waals surface area contributed by atoms with Gasteiger partial charge in [-0.2, -0.15) is 0 Å². The van der Waals surface area contributed by atoms with Crippen molar-refractivity contribution in [1.82, 2.24) is 4.72 Å². The number of hydrogen-bond acceptors (Lipinski definition) is 3. The number of sulfonamides is 1. The highest BCUT2D eigenvalue weighted by atomic mass is 32.2. The minimum Gasteiger partial charge on any atom is -0.399 e. The van der Waals surface area contributed by atoms with Crippen LogP contribution in [0.2, 0.25) is 0 Å². The molecule has 0 unspecified atom stereocenters. The molecular weight excluding hydrogens is 200 g/mol. The fourth-order valence-electron chi connectivity index (χ4n) is 1.07. The zero-order valence-corrected chi connectivity index (χ0v) is 8.84. The minimum atomic E-state index is -3.08. The second-order valence-electron chi connectivity index (χ2n) is 3.16. The van der Waals surface area contributed by atoms with E-state index in [2.05, 4.69) is 4.72 Å². The summed E-state index contributed by atoms with van der Waals surface area (Å²) in [5, 5.41) is 0. The van der Waals surface area contributed by atoms with Crippen LogP contribution in [0.15, 0.2) is 24.3 Å². The maximum Gasteiger partial charge on any atom is 0.208 e. The SMILES string of the molecule is CS(=O)(=O)NCCc1ccc(N)cc1. The van der Waals surface area contributed by atoms with Crippen molar-refractivity contribution < 1.29 is 8.42 Å². The highest BCUT2D eigenvalue weighted by Gasteiger charge is 1.99. The largest absolute Gasteiger partial charge is 0.399 e. The van der Waals surface area contributed by atoms with E-state index in [1.165, 1.54) is 0 Å². The van der Waals surface area contributed by atoms with Gasteiger partial charge in [-0.1, -0.05) is 12.1 Å². The number of rotatable bonds is 4. The molecule has 1 rings (SSSR count). The molecule has 4 nitrogen and oxygen atoms in total. The maximum atomic E-state index is 10.7. The van der Waals surface area contributed by atoms with Crippen LogP contribution in [0.4, 0.5) is 5.69 Å². The average molecular weight is 214 g/mol. The van der Waals surface area contributed by atoms with Crippen molar-refractivity contribution >= 4 is 15.7 Å². The van der Waals surface area contributed by atoms with Crippen LogP contribution in [0.1, 0.15) is 5.56 Å². The summed E-state index contributed by atoms with van der Waals surface area (Å²) in [6, 6.07) is 7.38. The van der Waals surface area contributed by atoms with E-state index >= 15 is 0 Å². The molecular formula is C9H14N2O2S. The van der Waals surface area contributed by atoms with Gasteiger partial charge in [-0.15, -0.1) is 0 Å². The Morgan fingerprint density at radius 3 is 2.36 bits per heavy atom. The Balaban J connectivity index is 2.43. The van der Waals surface area contributed by atoms with Crippen molar-refractivity contribution in [3.8, 4) is 0 Å². The summed E-state index contributed by atoms with van der Waals surface area (Å²) in [7, 11) is -3.08. The Labute approximate surface area is 84.2 Å². The molecule has 0 fully saturated rings. The number of nitrogens with two attached hydrogens (primary N) is 1. The minimum absolute atomic E-state index is 0.419. The van der Waals surface area contributed by atoms with E-state index < -0.39 is 10.0 Å². The molecule has 0 aromatic heterocycles. The van der Waals surface area contributed by atoms with Gasteiger partial charge in [0.05, 0.1) is 6.26 Å². The predicted molar refractivity (Wildman–Crippen MR) is 57.4 cm³/mol. The molecule has 0 spiro atoms. The first kappa shape index (κ1) is 11.0. The summed E-state index contributed by atoms with van der Waals surface area (Å²) in [6.45, 7) is 0.419. The Morgan fingerprint density at radius 2 is 1.86 bits per heavy atom. The number of nitrogen functional groups attached to an aromatic ring is 1. The molecule has 0 heterocycles. The lowest BCUT2D eigenvalue weighted by atomic mass is 10.1. The number of benzene rings is 1. The van der Waals surface area contributed by atoms with Crippen LogP contribution in [-0.2, 0) is 16.4 Å². The predicted octanol–water partition coefficient (Wildman–Crippen LogP) is 0.360. The van der Waals surface area contributed by atoms with Gasteiger partial charge in [0.2, 0.25) is 10.0 Å². The highest BCUT2D eigenvalue weighted by Crippen LogP contribution is 2.05. The van der Waals surface area contributed by atoms with E-state index in [9.17, 15) is 8.42 Å². The number of anilines is 1. The number of hydrogen-bond donors (Lipinski definition) is 2. The molecule has 0 amide bonds. The van der Waals surface area contributed by atoms with Gasteiger partial charge in [-0.25, -0.2) is 13.1 Å². The lowest BCUT2D eigenvalue weighted by Gasteiger charge is -2.02. The lowest BCUT2D eigenvalue weighted by molar-refractivity contribution is 0.588. The van der Waals surface area contributed by atoms with E-state index in [0.717, 1.165) is 11.8 Å². The second kappa shape index (κ2) is 4.43. The second-order valence-corrected chi connectivity index (χ2v) is 4.99. The lowest BCUT2D eigenvalue weighted by Crippen LogP contribution is -2.24. The summed E-state index contributed by atoms with van der Waals surface area (Å²) >= 11 is 0. The first-order chi connectivity index (χ1) is 6.47. The zero-order chi connectivity index (χ0) is 10.6. The quantitative estimate of drug-likeness (QED) is 0.711. The molecule has 0 aliphatic heterocycles. The van der Waals surface area contributed by atoms with Crippen molar-refractivity contribution in [3.05, 3.63) is 29.8 Å². The average Bonchev–Trinajstić information content (AvgIpc) is 2.06. The van der Waals surface area contributed by atoms with E-state index in [-0.39, 0.29) is 0 Å². The normalized spacial score (nSPS) is 11.5. The van der Waals surface area contributed by atoms with Crippen LogP contribution < -0.4 is 10.5 Å². The van der Waals surface area contributed by atoms with Gasteiger partial charge in [-0.3, -0.25) is 0 Å². The van der Waals surface area contributed by atoms with Gasteiger partial charge in [-0.05, 0) is 24.1 Å². The van der Waals surface area contributed by atoms with Crippen LogP contribution in [0.25, 0.3) is 0 Å². The van der Waals surface area contributed by atoms with E-state index in [1.54, 1.807) is 12.1 Å². The molecule has 0 radical (unpaired) electrons. The van der Waals surface area contributed by atoms with E-state index in [1.807, 2.05) is 12.1 Å². The molecule has 0 aliphatic rings. The standard InChI is InChI=1S/C9H14N2O2S/c1-14(12,13)11-7-6-8-2-4-9(10)5-3-8/h2-5,11H,6-7,10H2,1H3. The van der Waals surface area contributed by atoms with E-state index in [4.69, 9.17) is 5.73 Å². The van der Waals surface area contributed by atoms with E-state index in [0.29, 0.717) is 18.7 Å². The van der Waals surface area contributed by atoms with Crippen molar-refractivity contribution in [2.24, 2.45) is 0 Å². The first-order valence-corrected chi connectivity index (χ1v) is 6.15. The fourth-order valence-corrected chi connectivity index (χ4v) is 1.54. The zero-order valence-electron chi connectivity index (χ0n) is 8.03. The van der Waals surface area contributed by atoms with Crippen molar-refractivity contribution in [1.29, 1.82) is 0 Å². The third-order valence-corrected chi connectivity index (χ3v) is 2.49. The Kier molecular flexibility index (Phi) is 3.49. The summed E-state index contributed by atoms with van der Waals surface area (Å²) in [5.74, 6) is 0. The Bertz CT molecular complexity index is 384. The molecule has 14 heavy (non-hydrogen) atoms. The third kappa shape index (κ3) is 4.25. The van der Waals surface area contributed by atoms with Crippen LogP contribution in [-0.4, -0.2) is 21.2 Å². The van der Waals surface area contributed by atoms with Gasteiger partial charge in [0.1, 0.15) is 0 Å². The molecule has 0 aliphatic carbocycles. The van der Waals surface area contributed by atoms with Crippen LogP contribution >= 0.6 is 0 Å². The molecule has 5 heteroatoms. The van der Waals surface area contributed by atoms with Crippen LogP contribution in [0.5, 0.6) is 0 Å².